The second-order valence-corrected chi connectivity index (χ2v) is 7.86. The van der Waals surface area contributed by atoms with E-state index in [0.717, 1.165) is 34.2 Å². The van der Waals surface area contributed by atoms with Crippen LogP contribution in [0.2, 0.25) is 9.49 Å². The lowest BCUT2D eigenvalue weighted by Crippen LogP contribution is -2.09. The van der Waals surface area contributed by atoms with Crippen LogP contribution in [-0.2, 0) is 4.74 Å². The predicted molar refractivity (Wildman–Crippen MR) is 99.2 cm³/mol. The molecular formula is C17H11Cl2NO2S2. The van der Waals surface area contributed by atoms with Crippen LogP contribution in [0.4, 0.5) is 4.79 Å². The molecule has 1 aromatic heterocycles. The van der Waals surface area contributed by atoms with Crippen molar-refractivity contribution in [3.8, 4) is 0 Å². The van der Waals surface area contributed by atoms with Gasteiger partial charge in [-0.3, -0.25) is 0 Å². The largest absolute Gasteiger partial charge is 0.444 e. The molecule has 0 spiro atoms. The molecule has 7 heteroatoms. The van der Waals surface area contributed by atoms with E-state index in [4.69, 9.17) is 27.9 Å². The molecule has 0 atom stereocenters. The summed E-state index contributed by atoms with van der Waals surface area (Å²) >= 11 is 13.7. The Balaban J connectivity index is 1.80. The number of halogens is 2. The normalized spacial score (nSPS) is 10.8. The van der Waals surface area contributed by atoms with Crippen LogP contribution in [0.1, 0.15) is 17.2 Å². The summed E-state index contributed by atoms with van der Waals surface area (Å²) in [5.41, 5.74) is 1.79. The molecule has 1 heterocycles. The predicted octanol–water partition coefficient (Wildman–Crippen LogP) is 6.47. The van der Waals surface area contributed by atoms with E-state index in [1.807, 2.05) is 60.7 Å². The molecule has 0 saturated carbocycles. The Morgan fingerprint density at radius 2 is 1.54 bits per heavy atom. The second kappa shape index (κ2) is 8.03. The molecule has 0 fully saturated rings. The fourth-order valence-electron chi connectivity index (χ4n) is 2.09. The summed E-state index contributed by atoms with van der Waals surface area (Å²) in [6.45, 7) is 0. The zero-order valence-corrected chi connectivity index (χ0v) is 15.3. The number of hydrogen-bond acceptors (Lipinski definition) is 5. The Kier molecular flexibility index (Phi) is 5.79. The van der Waals surface area contributed by atoms with E-state index in [2.05, 4.69) is 4.98 Å². The van der Waals surface area contributed by atoms with E-state index >= 15 is 0 Å². The number of rotatable bonds is 4. The van der Waals surface area contributed by atoms with Gasteiger partial charge in [0.15, 0.2) is 15.6 Å². The first kappa shape index (κ1) is 17.3. The molecule has 0 N–H and O–H groups in total. The van der Waals surface area contributed by atoms with Crippen LogP contribution in [0.5, 0.6) is 0 Å². The first-order valence-electron chi connectivity index (χ1n) is 6.93. The fourth-order valence-corrected chi connectivity index (χ4v) is 4.25. The second-order valence-electron chi connectivity index (χ2n) is 4.72. The Morgan fingerprint density at radius 1 is 1.00 bits per heavy atom. The van der Waals surface area contributed by atoms with Crippen LogP contribution in [0.15, 0.2) is 65.0 Å². The molecule has 122 valence electrons. The van der Waals surface area contributed by atoms with E-state index in [9.17, 15) is 4.79 Å². The van der Waals surface area contributed by atoms with E-state index in [-0.39, 0.29) is 5.15 Å². The first-order chi connectivity index (χ1) is 11.6. The van der Waals surface area contributed by atoms with Crippen LogP contribution in [0.3, 0.4) is 0 Å². The molecule has 3 nitrogen and oxygen atoms in total. The summed E-state index contributed by atoms with van der Waals surface area (Å²) in [5, 5.41) is -0.269. The number of thiazole rings is 1. The van der Waals surface area contributed by atoms with Crippen molar-refractivity contribution in [1.29, 1.82) is 0 Å². The van der Waals surface area contributed by atoms with E-state index in [0.29, 0.717) is 8.68 Å². The van der Waals surface area contributed by atoms with Crippen LogP contribution < -0.4 is 0 Å². The molecule has 0 aliphatic heterocycles. The lowest BCUT2D eigenvalue weighted by atomic mass is 10.0. The average molecular weight is 396 g/mol. The van der Waals surface area contributed by atoms with Gasteiger partial charge >= 0.3 is 5.30 Å². The molecule has 0 bridgehead atoms. The van der Waals surface area contributed by atoms with E-state index in [1.54, 1.807) is 0 Å². The van der Waals surface area contributed by atoms with Crippen molar-refractivity contribution < 1.29 is 9.53 Å². The summed E-state index contributed by atoms with van der Waals surface area (Å²) in [6, 6.07) is 19.2. The van der Waals surface area contributed by atoms with Crippen molar-refractivity contribution in [3.05, 3.63) is 81.3 Å². The molecule has 3 aromatic rings. The highest BCUT2D eigenvalue weighted by molar-refractivity contribution is 8.14. The molecule has 0 aliphatic carbocycles. The average Bonchev–Trinajstić information content (AvgIpc) is 2.91. The van der Waals surface area contributed by atoms with Gasteiger partial charge in [-0.15, -0.1) is 0 Å². The van der Waals surface area contributed by atoms with Gasteiger partial charge in [-0.05, 0) is 11.1 Å². The zero-order valence-electron chi connectivity index (χ0n) is 12.2. The maximum absolute atomic E-state index is 12.3. The van der Waals surface area contributed by atoms with Crippen molar-refractivity contribution >= 4 is 51.6 Å². The minimum absolute atomic E-state index is 0.194. The standard InChI is InChI=1S/C17H11Cl2NO2S2/c18-14-15(19)23-16(20-14)24-17(21)22-13(11-7-3-1-4-8-11)12-9-5-2-6-10-12/h1-10,13H. The quantitative estimate of drug-likeness (QED) is 0.374. The van der Waals surface area contributed by atoms with Gasteiger partial charge in [-0.2, -0.15) is 0 Å². The summed E-state index contributed by atoms with van der Waals surface area (Å²) in [4.78, 5) is 16.3. The number of hydrogen-bond donors (Lipinski definition) is 0. The van der Waals surface area contributed by atoms with E-state index in [1.165, 1.54) is 0 Å². The molecule has 2 aromatic carbocycles. The minimum Gasteiger partial charge on any atom is -0.444 e. The number of thioether (sulfide) groups is 1. The highest BCUT2D eigenvalue weighted by Gasteiger charge is 2.21. The van der Waals surface area contributed by atoms with Crippen LogP contribution in [-0.4, -0.2) is 10.3 Å². The SMILES string of the molecule is O=C(OC(c1ccccc1)c1ccccc1)Sc1nc(Cl)c(Cl)s1. The number of ether oxygens (including phenoxy) is 1. The van der Waals surface area contributed by atoms with Crippen molar-refractivity contribution in [2.75, 3.05) is 0 Å². The lowest BCUT2D eigenvalue weighted by molar-refractivity contribution is 0.144. The van der Waals surface area contributed by atoms with Crippen LogP contribution >= 0.6 is 46.3 Å². The lowest BCUT2D eigenvalue weighted by Gasteiger charge is -2.18. The first-order valence-corrected chi connectivity index (χ1v) is 9.32. The summed E-state index contributed by atoms with van der Waals surface area (Å²) in [5.74, 6) is 0. The molecule has 0 amide bonds. The Bertz CT molecular complexity index is 766. The third-order valence-corrected chi connectivity index (χ3v) is 5.68. The van der Waals surface area contributed by atoms with Gasteiger partial charge in [0.2, 0.25) is 0 Å². The maximum atomic E-state index is 12.3. The van der Waals surface area contributed by atoms with Gasteiger partial charge < -0.3 is 4.74 Å². The Labute approximate surface area is 157 Å². The summed E-state index contributed by atoms with van der Waals surface area (Å²) in [6.07, 6.45) is -0.488. The smallest absolute Gasteiger partial charge is 0.375 e. The minimum atomic E-state index is -0.488. The highest BCUT2D eigenvalue weighted by Crippen LogP contribution is 2.36. The molecule has 0 unspecified atom stereocenters. The highest BCUT2D eigenvalue weighted by atomic mass is 35.5. The van der Waals surface area contributed by atoms with Crippen LogP contribution in [0.25, 0.3) is 0 Å². The fraction of sp³-hybridized carbons (Fsp3) is 0.0588. The van der Waals surface area contributed by atoms with Crippen LogP contribution in [0, 0.1) is 0 Å². The van der Waals surface area contributed by atoms with Crippen molar-refractivity contribution in [2.45, 2.75) is 10.4 Å². The molecular weight excluding hydrogens is 385 g/mol. The third-order valence-electron chi connectivity index (χ3n) is 3.12. The number of carbonyl (C=O) groups excluding carboxylic acids is 1. The van der Waals surface area contributed by atoms with Gasteiger partial charge in [0.1, 0.15) is 4.34 Å². The number of benzene rings is 2. The molecule has 0 saturated heterocycles. The van der Waals surface area contributed by atoms with Gasteiger partial charge in [-0.1, -0.05) is 95.2 Å². The Morgan fingerprint density at radius 3 is 2.00 bits per heavy atom. The maximum Gasteiger partial charge on any atom is 0.375 e. The van der Waals surface area contributed by atoms with Gasteiger partial charge in [-0.25, -0.2) is 9.78 Å². The summed E-state index contributed by atoms with van der Waals surface area (Å²) < 4.78 is 6.49. The van der Waals surface area contributed by atoms with Gasteiger partial charge in [0.05, 0.1) is 0 Å². The zero-order chi connectivity index (χ0) is 16.9. The molecule has 3 rings (SSSR count). The number of aromatic nitrogens is 1. The Hall–Kier alpha value is -1.53. The van der Waals surface area contributed by atoms with Crippen molar-refractivity contribution in [2.24, 2.45) is 0 Å². The number of carbonyl (C=O) groups is 1. The summed E-state index contributed by atoms with van der Waals surface area (Å²) in [7, 11) is 0. The number of nitrogens with zero attached hydrogens (tertiary/aromatic N) is 1. The van der Waals surface area contributed by atoms with E-state index < -0.39 is 11.4 Å². The van der Waals surface area contributed by atoms with Gasteiger partial charge in [0, 0.05) is 11.8 Å². The molecule has 24 heavy (non-hydrogen) atoms. The van der Waals surface area contributed by atoms with Crippen molar-refractivity contribution in [3.63, 3.8) is 0 Å². The van der Waals surface area contributed by atoms with Crippen molar-refractivity contribution in [1.82, 2.24) is 4.98 Å². The molecule has 0 aliphatic rings. The third kappa shape index (κ3) is 4.30. The monoisotopic (exact) mass is 395 g/mol. The topological polar surface area (TPSA) is 39.2 Å². The van der Waals surface area contributed by atoms with Gasteiger partial charge in [0.25, 0.3) is 0 Å². The molecule has 0 radical (unpaired) electrons.